The van der Waals surface area contributed by atoms with Gasteiger partial charge >= 0.3 is 0 Å². The van der Waals surface area contributed by atoms with Crippen molar-refractivity contribution in [3.63, 3.8) is 0 Å². The molecule has 1 aromatic heterocycles. The van der Waals surface area contributed by atoms with Crippen molar-refractivity contribution in [1.29, 1.82) is 0 Å². The molecule has 0 aliphatic carbocycles. The Bertz CT molecular complexity index is 517. The van der Waals surface area contributed by atoms with Crippen LogP contribution in [0.2, 0.25) is 0 Å². The molecule has 0 bridgehead atoms. The van der Waals surface area contributed by atoms with Crippen LogP contribution in [0.5, 0.6) is 0 Å². The zero-order chi connectivity index (χ0) is 10.7. The standard InChI is InChI=1S/C12H12N2S/c1-2-9-4-3-5-10(6-9)11-7-13-8-12(15)14-11/h3-8H,2H2,1H3,(H,14,15). The fourth-order valence-corrected chi connectivity index (χ4v) is 1.65. The quantitative estimate of drug-likeness (QED) is 0.780. The number of benzene rings is 1. The first kappa shape index (κ1) is 10.1. The lowest BCUT2D eigenvalue weighted by atomic mass is 10.1. The predicted octanol–water partition coefficient (Wildman–Crippen LogP) is 3.37. The van der Waals surface area contributed by atoms with Crippen LogP contribution >= 0.6 is 12.2 Å². The first-order valence-electron chi connectivity index (χ1n) is 4.93. The largest absolute Gasteiger partial charge is 0.344 e. The molecule has 0 unspecified atom stereocenters. The maximum Gasteiger partial charge on any atom is 0.122 e. The van der Waals surface area contributed by atoms with E-state index in [1.54, 1.807) is 12.4 Å². The number of nitrogens with zero attached hydrogens (tertiary/aromatic N) is 1. The monoisotopic (exact) mass is 216 g/mol. The van der Waals surface area contributed by atoms with Gasteiger partial charge in [-0.1, -0.05) is 37.3 Å². The lowest BCUT2D eigenvalue weighted by Crippen LogP contribution is -1.87. The Kier molecular flexibility index (Phi) is 2.92. The molecule has 0 radical (unpaired) electrons. The molecule has 0 fully saturated rings. The Labute approximate surface area is 94.0 Å². The number of aromatic nitrogens is 2. The van der Waals surface area contributed by atoms with Crippen molar-refractivity contribution in [2.24, 2.45) is 0 Å². The summed E-state index contributed by atoms with van der Waals surface area (Å²) in [6.07, 6.45) is 4.47. The summed E-state index contributed by atoms with van der Waals surface area (Å²) in [5.74, 6) is 0. The third-order valence-corrected chi connectivity index (χ3v) is 2.51. The van der Waals surface area contributed by atoms with Crippen LogP contribution in [0.1, 0.15) is 12.5 Å². The fraction of sp³-hybridized carbons (Fsp3) is 0.167. The molecule has 2 nitrogen and oxygen atoms in total. The molecule has 0 saturated heterocycles. The molecular formula is C12H12N2S. The number of H-pyrrole nitrogens is 1. The average Bonchev–Trinajstić information content (AvgIpc) is 2.29. The molecule has 0 spiro atoms. The van der Waals surface area contributed by atoms with Crippen LogP contribution in [-0.4, -0.2) is 9.97 Å². The highest BCUT2D eigenvalue weighted by atomic mass is 32.1. The van der Waals surface area contributed by atoms with Crippen molar-refractivity contribution in [3.8, 4) is 11.3 Å². The molecule has 1 N–H and O–H groups in total. The van der Waals surface area contributed by atoms with Gasteiger partial charge in [-0.3, -0.25) is 4.98 Å². The molecule has 1 aromatic carbocycles. The minimum absolute atomic E-state index is 0.661. The molecule has 0 saturated carbocycles. The molecule has 2 aromatic rings. The predicted molar refractivity (Wildman–Crippen MR) is 64.2 cm³/mol. The summed E-state index contributed by atoms with van der Waals surface area (Å²) in [4.78, 5) is 7.21. The Balaban J connectivity index is 2.49. The van der Waals surface area contributed by atoms with Gasteiger partial charge in [0.1, 0.15) is 4.64 Å². The van der Waals surface area contributed by atoms with Crippen molar-refractivity contribution in [1.82, 2.24) is 9.97 Å². The number of nitrogens with one attached hydrogen (secondary N) is 1. The lowest BCUT2D eigenvalue weighted by Gasteiger charge is -2.03. The molecule has 0 aliphatic heterocycles. The summed E-state index contributed by atoms with van der Waals surface area (Å²) >= 11 is 5.04. The van der Waals surface area contributed by atoms with Crippen LogP contribution in [0.25, 0.3) is 11.3 Å². The van der Waals surface area contributed by atoms with Crippen LogP contribution in [0.4, 0.5) is 0 Å². The van der Waals surface area contributed by atoms with E-state index in [2.05, 4.69) is 41.2 Å². The van der Waals surface area contributed by atoms with Crippen LogP contribution in [-0.2, 0) is 6.42 Å². The summed E-state index contributed by atoms with van der Waals surface area (Å²) in [6, 6.07) is 8.39. The molecular weight excluding hydrogens is 204 g/mol. The smallest absolute Gasteiger partial charge is 0.122 e. The lowest BCUT2D eigenvalue weighted by molar-refractivity contribution is 1.13. The van der Waals surface area contributed by atoms with E-state index in [-0.39, 0.29) is 0 Å². The van der Waals surface area contributed by atoms with E-state index in [0.29, 0.717) is 4.64 Å². The van der Waals surface area contributed by atoms with E-state index >= 15 is 0 Å². The zero-order valence-electron chi connectivity index (χ0n) is 8.53. The van der Waals surface area contributed by atoms with Gasteiger partial charge in [-0.25, -0.2) is 0 Å². The Morgan fingerprint density at radius 2 is 2.20 bits per heavy atom. The van der Waals surface area contributed by atoms with E-state index in [4.69, 9.17) is 12.2 Å². The first-order chi connectivity index (χ1) is 7.29. The number of hydrogen-bond acceptors (Lipinski definition) is 2. The van der Waals surface area contributed by atoms with Crippen LogP contribution in [0.3, 0.4) is 0 Å². The van der Waals surface area contributed by atoms with Gasteiger partial charge in [0.05, 0.1) is 18.1 Å². The summed E-state index contributed by atoms with van der Waals surface area (Å²) < 4.78 is 0.661. The maximum absolute atomic E-state index is 5.04. The van der Waals surface area contributed by atoms with E-state index in [1.807, 2.05) is 0 Å². The highest BCUT2D eigenvalue weighted by molar-refractivity contribution is 7.71. The zero-order valence-corrected chi connectivity index (χ0v) is 9.34. The maximum atomic E-state index is 5.04. The van der Waals surface area contributed by atoms with Crippen LogP contribution in [0.15, 0.2) is 36.7 Å². The van der Waals surface area contributed by atoms with Crippen LogP contribution in [0, 0.1) is 4.64 Å². The van der Waals surface area contributed by atoms with E-state index in [1.165, 1.54) is 5.56 Å². The Morgan fingerprint density at radius 1 is 1.33 bits per heavy atom. The van der Waals surface area contributed by atoms with E-state index in [0.717, 1.165) is 17.7 Å². The summed E-state index contributed by atoms with van der Waals surface area (Å²) in [7, 11) is 0. The van der Waals surface area contributed by atoms with Crippen molar-refractivity contribution < 1.29 is 0 Å². The number of rotatable bonds is 2. The highest BCUT2D eigenvalue weighted by Crippen LogP contribution is 2.17. The number of aryl methyl sites for hydroxylation is 1. The molecule has 15 heavy (non-hydrogen) atoms. The number of hydrogen-bond donors (Lipinski definition) is 1. The molecule has 1 heterocycles. The topological polar surface area (TPSA) is 28.7 Å². The third kappa shape index (κ3) is 2.30. The normalized spacial score (nSPS) is 10.2. The summed E-state index contributed by atoms with van der Waals surface area (Å²) in [5, 5.41) is 0. The summed E-state index contributed by atoms with van der Waals surface area (Å²) in [5.41, 5.74) is 3.42. The first-order valence-corrected chi connectivity index (χ1v) is 5.34. The van der Waals surface area contributed by atoms with Crippen molar-refractivity contribution >= 4 is 12.2 Å². The van der Waals surface area contributed by atoms with Crippen molar-refractivity contribution in [2.45, 2.75) is 13.3 Å². The summed E-state index contributed by atoms with van der Waals surface area (Å²) in [6.45, 7) is 2.14. The second-order valence-electron chi connectivity index (χ2n) is 3.36. The second kappa shape index (κ2) is 4.36. The fourth-order valence-electron chi connectivity index (χ4n) is 1.48. The SMILES string of the molecule is CCc1cccc(-c2cncc(=S)[nH]2)c1. The average molecular weight is 216 g/mol. The molecule has 3 heteroatoms. The van der Waals surface area contributed by atoms with Crippen molar-refractivity contribution in [2.75, 3.05) is 0 Å². The minimum atomic E-state index is 0.661. The highest BCUT2D eigenvalue weighted by Gasteiger charge is 1.98. The molecule has 0 amide bonds. The molecule has 0 atom stereocenters. The van der Waals surface area contributed by atoms with Gasteiger partial charge in [-0.05, 0) is 23.6 Å². The van der Waals surface area contributed by atoms with E-state index in [9.17, 15) is 0 Å². The molecule has 2 rings (SSSR count). The van der Waals surface area contributed by atoms with Crippen molar-refractivity contribution in [3.05, 3.63) is 46.9 Å². The van der Waals surface area contributed by atoms with Gasteiger partial charge in [0.15, 0.2) is 0 Å². The van der Waals surface area contributed by atoms with Gasteiger partial charge < -0.3 is 4.98 Å². The molecule has 76 valence electrons. The van der Waals surface area contributed by atoms with Gasteiger partial charge in [-0.2, -0.15) is 0 Å². The van der Waals surface area contributed by atoms with Crippen LogP contribution < -0.4 is 0 Å². The Morgan fingerprint density at radius 3 is 2.93 bits per heavy atom. The van der Waals surface area contributed by atoms with Gasteiger partial charge in [0.25, 0.3) is 0 Å². The van der Waals surface area contributed by atoms with Gasteiger partial charge in [0, 0.05) is 0 Å². The van der Waals surface area contributed by atoms with E-state index < -0.39 is 0 Å². The second-order valence-corrected chi connectivity index (χ2v) is 3.80. The Hall–Kier alpha value is -1.48. The third-order valence-electron chi connectivity index (χ3n) is 2.30. The van der Waals surface area contributed by atoms with Gasteiger partial charge in [-0.15, -0.1) is 0 Å². The number of aromatic amines is 1. The molecule has 0 aliphatic rings. The van der Waals surface area contributed by atoms with Gasteiger partial charge in [0.2, 0.25) is 0 Å². The minimum Gasteiger partial charge on any atom is -0.344 e.